The Kier molecular flexibility index (Phi) is 3.25. The fourth-order valence-electron chi connectivity index (χ4n) is 1.81. The Morgan fingerprint density at radius 1 is 1.88 bits per heavy atom. The molecule has 0 bridgehead atoms. The Hall–Kier alpha value is -2.07. The molecule has 90 valence electrons. The molecule has 0 saturated carbocycles. The van der Waals surface area contributed by atoms with E-state index in [9.17, 15) is 0 Å². The first kappa shape index (κ1) is 11.4. The lowest BCUT2D eigenvalue weighted by Gasteiger charge is -2.27. The third-order valence-corrected chi connectivity index (χ3v) is 2.72. The quantitative estimate of drug-likeness (QED) is 0.417. The molecule has 1 aliphatic rings. The number of nitriles is 1. The first-order chi connectivity index (χ1) is 8.22. The topological polar surface area (TPSA) is 103 Å². The molecular formula is C10H14N6O. The van der Waals surface area contributed by atoms with Crippen LogP contribution in [0.4, 0.5) is 0 Å². The third-order valence-electron chi connectivity index (χ3n) is 2.72. The van der Waals surface area contributed by atoms with Gasteiger partial charge >= 0.3 is 0 Å². The Balaban J connectivity index is 2.07. The van der Waals surface area contributed by atoms with Gasteiger partial charge in [0.2, 0.25) is 12.2 Å². The maximum Gasteiger partial charge on any atom is 0.209 e. The summed E-state index contributed by atoms with van der Waals surface area (Å²) in [5.74, 6) is 0.179. The number of hydrogen-bond acceptors (Lipinski definition) is 4. The minimum absolute atomic E-state index is 0.137. The lowest BCUT2D eigenvalue weighted by molar-refractivity contribution is 0.0279. The lowest BCUT2D eigenvalue weighted by Crippen LogP contribution is -2.38. The van der Waals surface area contributed by atoms with Crippen molar-refractivity contribution in [1.82, 2.24) is 14.9 Å². The van der Waals surface area contributed by atoms with Crippen molar-refractivity contribution in [3.8, 4) is 6.19 Å². The minimum Gasteiger partial charge on any atom is -0.370 e. The van der Waals surface area contributed by atoms with Gasteiger partial charge in [-0.25, -0.2) is 4.98 Å². The number of aromatic amines is 1. The first-order valence-corrected chi connectivity index (χ1v) is 5.29. The van der Waals surface area contributed by atoms with Crippen molar-refractivity contribution in [2.75, 3.05) is 20.2 Å². The lowest BCUT2D eigenvalue weighted by atomic mass is 10.1. The molecule has 2 heterocycles. The number of nitrogens with zero attached hydrogens (tertiary/aromatic N) is 4. The van der Waals surface area contributed by atoms with Crippen LogP contribution in [0.3, 0.4) is 0 Å². The molecular weight excluding hydrogens is 220 g/mol. The SMILES string of the molecule is CN(CC1OCCc2[nH]cnc21)C(N)=NC#N. The van der Waals surface area contributed by atoms with Crippen LogP contribution in [0.15, 0.2) is 11.3 Å². The molecule has 1 aliphatic heterocycles. The van der Waals surface area contributed by atoms with Crippen LogP contribution < -0.4 is 5.73 Å². The highest BCUT2D eigenvalue weighted by Gasteiger charge is 2.25. The second-order valence-corrected chi connectivity index (χ2v) is 3.83. The number of nitrogens with one attached hydrogen (secondary N) is 1. The molecule has 7 nitrogen and oxygen atoms in total. The van der Waals surface area contributed by atoms with Crippen LogP contribution in [0.1, 0.15) is 17.5 Å². The molecule has 1 aromatic heterocycles. The van der Waals surface area contributed by atoms with E-state index in [4.69, 9.17) is 15.7 Å². The summed E-state index contributed by atoms with van der Waals surface area (Å²) in [6.07, 6.45) is 4.03. The summed E-state index contributed by atoms with van der Waals surface area (Å²) in [5, 5.41) is 8.42. The fourth-order valence-corrected chi connectivity index (χ4v) is 1.81. The molecule has 2 rings (SSSR count). The van der Waals surface area contributed by atoms with Crippen LogP contribution in [-0.4, -0.2) is 41.0 Å². The van der Waals surface area contributed by atoms with Crippen molar-refractivity contribution in [3.63, 3.8) is 0 Å². The van der Waals surface area contributed by atoms with E-state index in [2.05, 4.69) is 15.0 Å². The molecule has 0 radical (unpaired) electrons. The van der Waals surface area contributed by atoms with Crippen molar-refractivity contribution < 1.29 is 4.74 Å². The molecule has 0 fully saturated rings. The van der Waals surface area contributed by atoms with Gasteiger partial charge in [-0.3, -0.25) is 0 Å². The highest BCUT2D eigenvalue weighted by molar-refractivity contribution is 5.78. The van der Waals surface area contributed by atoms with Crippen molar-refractivity contribution in [2.45, 2.75) is 12.5 Å². The average Bonchev–Trinajstić information content (AvgIpc) is 2.78. The van der Waals surface area contributed by atoms with Gasteiger partial charge in [-0.05, 0) is 0 Å². The van der Waals surface area contributed by atoms with Gasteiger partial charge in [0.25, 0.3) is 0 Å². The zero-order valence-electron chi connectivity index (χ0n) is 9.55. The Morgan fingerprint density at radius 3 is 3.47 bits per heavy atom. The second kappa shape index (κ2) is 4.84. The highest BCUT2D eigenvalue weighted by Crippen LogP contribution is 2.24. The first-order valence-electron chi connectivity index (χ1n) is 5.29. The number of likely N-dealkylation sites (N-methyl/N-ethyl adjacent to an activating group) is 1. The molecule has 1 aromatic rings. The van der Waals surface area contributed by atoms with Gasteiger partial charge in [-0.1, -0.05) is 0 Å². The van der Waals surface area contributed by atoms with Crippen LogP contribution >= 0.6 is 0 Å². The maximum atomic E-state index is 8.42. The summed E-state index contributed by atoms with van der Waals surface area (Å²) in [7, 11) is 1.76. The predicted molar refractivity (Wildman–Crippen MR) is 60.9 cm³/mol. The van der Waals surface area contributed by atoms with Crippen LogP contribution in [0, 0.1) is 11.5 Å². The molecule has 1 unspecified atom stereocenters. The Morgan fingerprint density at radius 2 is 2.71 bits per heavy atom. The van der Waals surface area contributed by atoms with Crippen molar-refractivity contribution in [2.24, 2.45) is 10.7 Å². The number of fused-ring (bicyclic) bond motifs is 1. The molecule has 7 heteroatoms. The summed E-state index contributed by atoms with van der Waals surface area (Å²) in [4.78, 5) is 12.5. The Bertz CT molecular complexity index is 460. The van der Waals surface area contributed by atoms with Crippen LogP contribution in [-0.2, 0) is 11.2 Å². The maximum absolute atomic E-state index is 8.42. The van der Waals surface area contributed by atoms with Gasteiger partial charge in [0.15, 0.2) is 0 Å². The number of aliphatic imine (C=N–C) groups is 1. The van der Waals surface area contributed by atoms with Crippen LogP contribution in [0.25, 0.3) is 0 Å². The smallest absolute Gasteiger partial charge is 0.209 e. The van der Waals surface area contributed by atoms with E-state index < -0.39 is 0 Å². The average molecular weight is 234 g/mol. The normalized spacial score (nSPS) is 19.5. The van der Waals surface area contributed by atoms with Gasteiger partial charge in [0.05, 0.1) is 25.2 Å². The minimum atomic E-state index is -0.137. The second-order valence-electron chi connectivity index (χ2n) is 3.83. The number of H-pyrrole nitrogens is 1. The van der Waals surface area contributed by atoms with E-state index >= 15 is 0 Å². The summed E-state index contributed by atoms with van der Waals surface area (Å²) >= 11 is 0. The van der Waals surface area contributed by atoms with Crippen molar-refractivity contribution in [3.05, 3.63) is 17.7 Å². The molecule has 0 amide bonds. The number of guanidine groups is 1. The van der Waals surface area contributed by atoms with E-state index in [-0.39, 0.29) is 12.1 Å². The van der Waals surface area contributed by atoms with Gasteiger partial charge in [-0.2, -0.15) is 5.26 Å². The molecule has 3 N–H and O–H groups in total. The van der Waals surface area contributed by atoms with Crippen LogP contribution in [0.2, 0.25) is 0 Å². The van der Waals surface area contributed by atoms with E-state index in [1.807, 2.05) is 0 Å². The summed E-state index contributed by atoms with van der Waals surface area (Å²) in [6.45, 7) is 1.18. The number of hydrogen-bond donors (Lipinski definition) is 2. The number of aromatic nitrogens is 2. The van der Waals surface area contributed by atoms with Gasteiger partial charge in [0, 0.05) is 19.2 Å². The van der Waals surface area contributed by atoms with E-state index in [1.54, 1.807) is 24.5 Å². The zero-order chi connectivity index (χ0) is 12.3. The van der Waals surface area contributed by atoms with Gasteiger partial charge in [-0.15, -0.1) is 4.99 Å². The molecule has 0 spiro atoms. The monoisotopic (exact) mass is 234 g/mol. The fraction of sp³-hybridized carbons (Fsp3) is 0.500. The summed E-state index contributed by atoms with van der Waals surface area (Å²) in [6, 6.07) is 0. The summed E-state index contributed by atoms with van der Waals surface area (Å²) in [5.41, 5.74) is 7.62. The van der Waals surface area contributed by atoms with E-state index in [0.717, 1.165) is 17.8 Å². The highest BCUT2D eigenvalue weighted by atomic mass is 16.5. The van der Waals surface area contributed by atoms with E-state index in [0.29, 0.717) is 13.2 Å². The third kappa shape index (κ3) is 2.37. The molecule has 17 heavy (non-hydrogen) atoms. The number of rotatable bonds is 2. The predicted octanol–water partition coefficient (Wildman–Crippen LogP) is -0.249. The number of ether oxygens (including phenoxy) is 1. The molecule has 0 aromatic carbocycles. The summed E-state index contributed by atoms with van der Waals surface area (Å²) < 4.78 is 5.64. The van der Waals surface area contributed by atoms with Gasteiger partial charge < -0.3 is 20.4 Å². The molecule has 0 saturated heterocycles. The van der Waals surface area contributed by atoms with Crippen LogP contribution in [0.5, 0.6) is 0 Å². The van der Waals surface area contributed by atoms with E-state index in [1.165, 1.54) is 0 Å². The van der Waals surface area contributed by atoms with Gasteiger partial charge in [0.1, 0.15) is 6.10 Å². The number of imidazole rings is 1. The zero-order valence-corrected chi connectivity index (χ0v) is 9.55. The van der Waals surface area contributed by atoms with Crippen molar-refractivity contribution in [1.29, 1.82) is 5.26 Å². The van der Waals surface area contributed by atoms with Crippen molar-refractivity contribution >= 4 is 5.96 Å². The number of nitrogens with two attached hydrogens (primary N) is 1. The Labute approximate surface area is 98.9 Å². The molecule has 0 aliphatic carbocycles. The largest absolute Gasteiger partial charge is 0.370 e. The standard InChI is InChI=1S/C10H14N6O/c1-16(10(12)13-5-11)4-8-9-7(2-3-17-8)14-6-15-9/h6,8H,2-4H2,1H3,(H2,12,13)(H,14,15). The molecule has 1 atom stereocenters.